The van der Waals surface area contributed by atoms with Crippen LogP contribution in [0, 0.1) is 12.8 Å². The molecule has 0 saturated heterocycles. The van der Waals surface area contributed by atoms with Gasteiger partial charge in [0.1, 0.15) is 5.82 Å². The number of rotatable bonds is 4. The first-order chi connectivity index (χ1) is 11.6. The number of fused-ring (bicyclic) bond motifs is 1. The Balaban J connectivity index is 1.65. The Bertz CT molecular complexity index is 924. The molecule has 1 fully saturated rings. The topological polar surface area (TPSA) is 60.1 Å². The molecule has 0 spiro atoms. The van der Waals surface area contributed by atoms with Crippen LogP contribution in [0.15, 0.2) is 34.9 Å². The second kappa shape index (κ2) is 5.67. The molecule has 2 heterocycles. The fourth-order valence-corrected chi connectivity index (χ4v) is 3.33. The van der Waals surface area contributed by atoms with Crippen molar-refractivity contribution in [1.29, 1.82) is 0 Å². The Kier molecular flexibility index (Phi) is 3.61. The molecule has 124 valence electrons. The van der Waals surface area contributed by atoms with Crippen molar-refractivity contribution in [3.05, 3.63) is 46.8 Å². The molecule has 1 atom stereocenters. The Hall–Kier alpha value is -2.27. The molecule has 5 nitrogen and oxygen atoms in total. The number of furan rings is 1. The maximum Gasteiger partial charge on any atom is 0.292 e. The lowest BCUT2D eigenvalue weighted by molar-refractivity contribution is 0.0996. The average molecular weight is 344 g/mol. The Morgan fingerprint density at radius 2 is 2.21 bits per heavy atom. The number of carbonyl (C=O) groups excluding carboxylic acids is 1. The van der Waals surface area contributed by atoms with Crippen LogP contribution in [0.4, 0.5) is 5.82 Å². The first-order valence-corrected chi connectivity index (χ1v) is 8.46. The molecule has 1 aliphatic rings. The highest BCUT2D eigenvalue weighted by Crippen LogP contribution is 2.40. The minimum atomic E-state index is -0.287. The van der Waals surface area contributed by atoms with Crippen LogP contribution in [0.5, 0.6) is 0 Å². The number of hydrogen-bond donors (Lipinski definition) is 1. The van der Waals surface area contributed by atoms with Gasteiger partial charge in [0.25, 0.3) is 5.91 Å². The summed E-state index contributed by atoms with van der Waals surface area (Å²) in [6, 6.07) is 7.58. The molecule has 0 aliphatic heterocycles. The van der Waals surface area contributed by atoms with Crippen molar-refractivity contribution in [3.63, 3.8) is 0 Å². The van der Waals surface area contributed by atoms with Gasteiger partial charge in [-0.3, -0.25) is 4.79 Å². The zero-order valence-corrected chi connectivity index (χ0v) is 14.3. The number of nitrogens with one attached hydrogen (secondary N) is 1. The summed E-state index contributed by atoms with van der Waals surface area (Å²) in [5, 5.41) is 8.63. The van der Waals surface area contributed by atoms with Gasteiger partial charge >= 0.3 is 0 Å². The number of halogens is 1. The van der Waals surface area contributed by atoms with Gasteiger partial charge in [0.2, 0.25) is 0 Å². The first-order valence-electron chi connectivity index (χ1n) is 8.08. The second-order valence-corrected chi connectivity index (χ2v) is 6.77. The third-order valence-corrected chi connectivity index (χ3v) is 5.02. The summed E-state index contributed by atoms with van der Waals surface area (Å²) >= 11 is 6.16. The molecular weight excluding hydrogens is 326 g/mol. The highest BCUT2D eigenvalue weighted by atomic mass is 35.5. The lowest BCUT2D eigenvalue weighted by atomic mass is 10.1. The fourth-order valence-electron chi connectivity index (χ4n) is 3.11. The van der Waals surface area contributed by atoms with Crippen molar-refractivity contribution in [1.82, 2.24) is 9.78 Å². The maximum absolute atomic E-state index is 12.7. The normalized spacial score (nSPS) is 15.6. The van der Waals surface area contributed by atoms with E-state index in [4.69, 9.17) is 16.0 Å². The molecule has 1 saturated carbocycles. The average Bonchev–Trinajstić information content (AvgIpc) is 3.22. The van der Waals surface area contributed by atoms with Crippen LogP contribution < -0.4 is 5.32 Å². The molecule has 4 rings (SSSR count). The molecule has 0 bridgehead atoms. The van der Waals surface area contributed by atoms with Gasteiger partial charge < -0.3 is 9.73 Å². The highest BCUT2D eigenvalue weighted by Gasteiger charge is 2.31. The van der Waals surface area contributed by atoms with Gasteiger partial charge in [0, 0.05) is 17.0 Å². The number of aryl methyl sites for hydroxylation is 1. The Morgan fingerprint density at radius 3 is 2.92 bits per heavy atom. The minimum absolute atomic E-state index is 0.279. The van der Waals surface area contributed by atoms with Crippen molar-refractivity contribution in [2.75, 3.05) is 5.32 Å². The van der Waals surface area contributed by atoms with Crippen molar-refractivity contribution in [3.8, 4) is 0 Å². The largest absolute Gasteiger partial charge is 0.449 e. The number of amides is 1. The SMILES string of the molecule is Cc1c(C(=O)Nc2ccnn2C(C)C2CC2)oc2c(Cl)cccc12. The van der Waals surface area contributed by atoms with Crippen LogP contribution >= 0.6 is 11.6 Å². The number of nitrogens with zero attached hydrogens (tertiary/aromatic N) is 2. The number of aromatic nitrogens is 2. The summed E-state index contributed by atoms with van der Waals surface area (Å²) in [6.07, 6.45) is 4.14. The van der Waals surface area contributed by atoms with Gasteiger partial charge in [-0.05, 0) is 38.7 Å². The van der Waals surface area contributed by atoms with E-state index in [1.165, 1.54) is 12.8 Å². The van der Waals surface area contributed by atoms with E-state index in [1.807, 2.05) is 29.8 Å². The molecule has 1 N–H and O–H groups in total. The molecule has 1 aromatic carbocycles. The van der Waals surface area contributed by atoms with Crippen molar-refractivity contribution >= 4 is 34.3 Å². The number of anilines is 1. The molecule has 24 heavy (non-hydrogen) atoms. The summed E-state index contributed by atoms with van der Waals surface area (Å²) in [5.74, 6) is 1.33. The van der Waals surface area contributed by atoms with Gasteiger partial charge in [-0.1, -0.05) is 23.7 Å². The smallest absolute Gasteiger partial charge is 0.292 e. The second-order valence-electron chi connectivity index (χ2n) is 6.37. The lowest BCUT2D eigenvalue weighted by Crippen LogP contribution is -2.18. The van der Waals surface area contributed by atoms with E-state index in [0.29, 0.717) is 22.3 Å². The van der Waals surface area contributed by atoms with E-state index in [1.54, 1.807) is 12.3 Å². The van der Waals surface area contributed by atoms with E-state index in [0.717, 1.165) is 10.9 Å². The number of hydrogen-bond acceptors (Lipinski definition) is 3. The fraction of sp³-hybridized carbons (Fsp3) is 0.333. The van der Waals surface area contributed by atoms with Crippen molar-refractivity contribution in [2.24, 2.45) is 5.92 Å². The summed E-state index contributed by atoms with van der Waals surface area (Å²) < 4.78 is 7.60. The van der Waals surface area contributed by atoms with Gasteiger partial charge in [-0.25, -0.2) is 4.68 Å². The quantitative estimate of drug-likeness (QED) is 0.739. The molecular formula is C18H18ClN3O2. The molecule has 2 aromatic heterocycles. The van der Waals surface area contributed by atoms with Crippen LogP contribution in [-0.4, -0.2) is 15.7 Å². The van der Waals surface area contributed by atoms with Crippen LogP contribution in [0.1, 0.15) is 41.9 Å². The third kappa shape index (κ3) is 2.49. The van der Waals surface area contributed by atoms with Gasteiger partial charge in [-0.15, -0.1) is 0 Å². The van der Waals surface area contributed by atoms with Gasteiger partial charge in [0.15, 0.2) is 11.3 Å². The van der Waals surface area contributed by atoms with Crippen LogP contribution in [-0.2, 0) is 0 Å². The van der Waals surface area contributed by atoms with E-state index in [9.17, 15) is 4.79 Å². The van der Waals surface area contributed by atoms with Crippen molar-refractivity contribution < 1.29 is 9.21 Å². The molecule has 1 aliphatic carbocycles. The van der Waals surface area contributed by atoms with Crippen LogP contribution in [0.25, 0.3) is 11.0 Å². The summed E-state index contributed by atoms with van der Waals surface area (Å²) in [6.45, 7) is 3.99. The molecule has 0 radical (unpaired) electrons. The Labute approximate surface area is 144 Å². The van der Waals surface area contributed by atoms with E-state index in [2.05, 4.69) is 17.3 Å². The standard InChI is InChI=1S/C18H18ClN3O2/c1-10-13-4-3-5-14(19)17(13)24-16(10)18(23)21-15-8-9-20-22(15)11(2)12-6-7-12/h3-5,8-9,11-12H,6-7H2,1-2H3,(H,21,23). The predicted octanol–water partition coefficient (Wildman–Crippen LogP) is 4.81. The number of carbonyl (C=O) groups is 1. The van der Waals surface area contributed by atoms with Crippen LogP contribution in [0.2, 0.25) is 5.02 Å². The highest BCUT2D eigenvalue weighted by molar-refractivity contribution is 6.35. The summed E-state index contributed by atoms with van der Waals surface area (Å²) in [4.78, 5) is 12.7. The van der Waals surface area contributed by atoms with E-state index in [-0.39, 0.29) is 17.7 Å². The molecule has 1 unspecified atom stereocenters. The van der Waals surface area contributed by atoms with Gasteiger partial charge in [0.05, 0.1) is 17.3 Å². The summed E-state index contributed by atoms with van der Waals surface area (Å²) in [5.41, 5.74) is 1.33. The number of benzene rings is 1. The molecule has 6 heteroatoms. The monoisotopic (exact) mass is 343 g/mol. The number of para-hydroxylation sites is 1. The zero-order chi connectivity index (χ0) is 16.8. The lowest BCUT2D eigenvalue weighted by Gasteiger charge is -2.15. The van der Waals surface area contributed by atoms with Crippen molar-refractivity contribution in [2.45, 2.75) is 32.7 Å². The van der Waals surface area contributed by atoms with E-state index < -0.39 is 0 Å². The molecule has 3 aromatic rings. The van der Waals surface area contributed by atoms with Gasteiger partial charge in [-0.2, -0.15) is 5.10 Å². The third-order valence-electron chi connectivity index (χ3n) is 4.72. The Morgan fingerprint density at radius 1 is 1.42 bits per heavy atom. The minimum Gasteiger partial charge on any atom is -0.449 e. The maximum atomic E-state index is 12.7. The molecule has 1 amide bonds. The van der Waals surface area contributed by atoms with Crippen LogP contribution in [0.3, 0.4) is 0 Å². The van der Waals surface area contributed by atoms with E-state index >= 15 is 0 Å². The summed E-state index contributed by atoms with van der Waals surface area (Å²) in [7, 11) is 0. The zero-order valence-electron chi connectivity index (χ0n) is 13.5. The predicted molar refractivity (Wildman–Crippen MR) is 93.6 cm³/mol. The first kappa shape index (κ1) is 15.3.